The van der Waals surface area contributed by atoms with Crippen molar-refractivity contribution in [1.82, 2.24) is 4.90 Å². The molecule has 1 N–H and O–H groups in total. The van der Waals surface area contributed by atoms with Gasteiger partial charge in [-0.25, -0.2) is 13.2 Å². The van der Waals surface area contributed by atoms with Crippen molar-refractivity contribution in [2.24, 2.45) is 0 Å². The van der Waals surface area contributed by atoms with E-state index in [-0.39, 0.29) is 18.1 Å². The third-order valence-electron chi connectivity index (χ3n) is 4.16. The largest absolute Gasteiger partial charge is 0.374 e. The number of hydrogen-bond donors (Lipinski definition) is 1. The van der Waals surface area contributed by atoms with Crippen LogP contribution in [0.15, 0.2) is 12.1 Å². The van der Waals surface area contributed by atoms with Crippen LogP contribution in [0, 0.1) is 17.5 Å². The van der Waals surface area contributed by atoms with Gasteiger partial charge < -0.3 is 19.7 Å². The van der Waals surface area contributed by atoms with E-state index >= 15 is 0 Å². The molecule has 2 aliphatic heterocycles. The number of nitrogens with one attached hydrogen (secondary N) is 1. The highest BCUT2D eigenvalue weighted by Gasteiger charge is 2.40. The van der Waals surface area contributed by atoms with E-state index in [9.17, 15) is 18.0 Å². The number of hydrogen-bond acceptors (Lipinski definition) is 4. The summed E-state index contributed by atoms with van der Waals surface area (Å²) in [6.07, 6.45) is 1.16. The molecule has 1 spiro atoms. The van der Waals surface area contributed by atoms with E-state index in [0.717, 1.165) is 12.1 Å². The first-order valence-corrected chi connectivity index (χ1v) is 7.44. The maximum absolute atomic E-state index is 13.5. The van der Waals surface area contributed by atoms with E-state index in [0.29, 0.717) is 39.1 Å². The lowest BCUT2D eigenvalue weighted by Gasteiger charge is -2.37. The molecule has 0 bridgehead atoms. The highest BCUT2D eigenvalue weighted by Crippen LogP contribution is 2.31. The van der Waals surface area contributed by atoms with Gasteiger partial charge in [-0.15, -0.1) is 0 Å². The Kier molecular flexibility index (Phi) is 4.45. The maximum Gasteiger partial charge on any atom is 0.241 e. The zero-order valence-electron chi connectivity index (χ0n) is 12.4. The number of rotatable bonds is 3. The first kappa shape index (κ1) is 16.1. The van der Waals surface area contributed by atoms with Crippen molar-refractivity contribution in [1.29, 1.82) is 0 Å². The van der Waals surface area contributed by atoms with E-state index in [2.05, 4.69) is 5.32 Å². The van der Waals surface area contributed by atoms with Crippen LogP contribution in [0.4, 0.5) is 18.9 Å². The summed E-state index contributed by atoms with van der Waals surface area (Å²) in [7, 11) is 0. The van der Waals surface area contributed by atoms with E-state index in [1.807, 2.05) is 0 Å². The van der Waals surface area contributed by atoms with Gasteiger partial charge in [0.25, 0.3) is 0 Å². The Morgan fingerprint density at radius 2 is 1.78 bits per heavy atom. The molecule has 1 aromatic carbocycles. The molecule has 0 atom stereocenters. The zero-order valence-corrected chi connectivity index (χ0v) is 12.4. The number of likely N-dealkylation sites (tertiary alicyclic amines) is 1. The van der Waals surface area contributed by atoms with Crippen molar-refractivity contribution in [2.75, 3.05) is 38.2 Å². The SMILES string of the molecule is O=C(CNc1ccc(F)c(F)c1F)N1CCC2(CC1)OCCO2. The summed E-state index contributed by atoms with van der Waals surface area (Å²) < 4.78 is 50.7. The lowest BCUT2D eigenvalue weighted by molar-refractivity contribution is -0.187. The molecule has 3 rings (SSSR count). The van der Waals surface area contributed by atoms with Crippen molar-refractivity contribution in [3.05, 3.63) is 29.6 Å². The summed E-state index contributed by atoms with van der Waals surface area (Å²) in [5, 5.41) is 2.50. The fourth-order valence-corrected chi connectivity index (χ4v) is 2.83. The number of halogens is 3. The van der Waals surface area contributed by atoms with Gasteiger partial charge in [-0.1, -0.05) is 0 Å². The van der Waals surface area contributed by atoms with Crippen LogP contribution in [0.25, 0.3) is 0 Å². The van der Waals surface area contributed by atoms with E-state index in [4.69, 9.17) is 9.47 Å². The van der Waals surface area contributed by atoms with Gasteiger partial charge >= 0.3 is 0 Å². The van der Waals surface area contributed by atoms with Crippen LogP contribution in [0.2, 0.25) is 0 Å². The van der Waals surface area contributed by atoms with Gasteiger partial charge in [0.05, 0.1) is 25.4 Å². The molecule has 1 amide bonds. The molecule has 5 nitrogen and oxygen atoms in total. The number of carbonyl (C=O) groups is 1. The van der Waals surface area contributed by atoms with Gasteiger partial charge in [0.2, 0.25) is 5.91 Å². The number of nitrogens with zero attached hydrogens (tertiary/aromatic N) is 1. The first-order valence-electron chi connectivity index (χ1n) is 7.44. The Balaban J connectivity index is 1.53. The van der Waals surface area contributed by atoms with Crippen LogP contribution < -0.4 is 5.32 Å². The molecular formula is C15H17F3N2O3. The van der Waals surface area contributed by atoms with E-state index in [1.165, 1.54) is 0 Å². The fraction of sp³-hybridized carbons (Fsp3) is 0.533. The normalized spacial score (nSPS) is 20.0. The minimum absolute atomic E-state index is 0.198. The molecule has 2 fully saturated rings. The molecule has 1 aromatic rings. The molecule has 2 aliphatic rings. The average molecular weight is 330 g/mol. The molecule has 0 saturated carbocycles. The molecule has 0 radical (unpaired) electrons. The van der Waals surface area contributed by atoms with Gasteiger partial charge in [0.1, 0.15) is 0 Å². The molecule has 2 heterocycles. The topological polar surface area (TPSA) is 50.8 Å². The van der Waals surface area contributed by atoms with Crippen molar-refractivity contribution in [3.8, 4) is 0 Å². The van der Waals surface area contributed by atoms with Gasteiger partial charge in [0.15, 0.2) is 23.2 Å². The fourth-order valence-electron chi connectivity index (χ4n) is 2.83. The summed E-state index contributed by atoms with van der Waals surface area (Å²) in [6, 6.07) is 1.87. The van der Waals surface area contributed by atoms with Gasteiger partial charge in [-0.05, 0) is 12.1 Å². The van der Waals surface area contributed by atoms with Crippen LogP contribution in [-0.4, -0.2) is 49.4 Å². The Morgan fingerprint density at radius 3 is 2.43 bits per heavy atom. The highest BCUT2D eigenvalue weighted by atomic mass is 19.2. The summed E-state index contributed by atoms with van der Waals surface area (Å²) in [5.74, 6) is -4.98. The highest BCUT2D eigenvalue weighted by molar-refractivity contribution is 5.81. The average Bonchev–Trinajstić information content (AvgIpc) is 3.00. The van der Waals surface area contributed by atoms with Gasteiger partial charge in [0, 0.05) is 25.9 Å². The van der Waals surface area contributed by atoms with E-state index in [1.54, 1.807) is 4.90 Å². The van der Waals surface area contributed by atoms with Crippen molar-refractivity contribution < 1.29 is 27.4 Å². The molecule has 0 aliphatic carbocycles. The standard InChI is InChI=1S/C15H17F3N2O3/c16-10-1-2-11(14(18)13(10)17)19-9-12(21)20-5-3-15(4-6-20)22-7-8-23-15/h1-2,19H,3-9H2. The smallest absolute Gasteiger partial charge is 0.241 e. The lowest BCUT2D eigenvalue weighted by Crippen LogP contribution is -2.48. The third kappa shape index (κ3) is 3.28. The van der Waals surface area contributed by atoms with Crippen LogP contribution >= 0.6 is 0 Å². The Hall–Kier alpha value is -1.80. The second-order valence-corrected chi connectivity index (χ2v) is 5.56. The number of carbonyl (C=O) groups excluding carboxylic acids is 1. The predicted molar refractivity (Wildman–Crippen MR) is 75.3 cm³/mol. The maximum atomic E-state index is 13.5. The zero-order chi connectivity index (χ0) is 16.4. The number of ether oxygens (including phenoxy) is 2. The van der Waals surface area contributed by atoms with Crippen molar-refractivity contribution in [2.45, 2.75) is 18.6 Å². The minimum atomic E-state index is -1.56. The summed E-state index contributed by atoms with van der Waals surface area (Å²) >= 11 is 0. The molecule has 0 unspecified atom stereocenters. The number of amides is 1. The molecule has 2 saturated heterocycles. The number of anilines is 1. The first-order chi connectivity index (χ1) is 11.0. The third-order valence-corrected chi connectivity index (χ3v) is 4.16. The Bertz CT molecular complexity index is 596. The second kappa shape index (κ2) is 6.37. The number of benzene rings is 1. The number of piperidine rings is 1. The quantitative estimate of drug-likeness (QED) is 0.860. The second-order valence-electron chi connectivity index (χ2n) is 5.56. The van der Waals surface area contributed by atoms with Gasteiger partial charge in [-0.2, -0.15) is 0 Å². The monoisotopic (exact) mass is 330 g/mol. The van der Waals surface area contributed by atoms with Crippen LogP contribution in [0.1, 0.15) is 12.8 Å². The van der Waals surface area contributed by atoms with Crippen LogP contribution in [0.3, 0.4) is 0 Å². The molecule has 23 heavy (non-hydrogen) atoms. The lowest BCUT2D eigenvalue weighted by atomic mass is 10.0. The van der Waals surface area contributed by atoms with Crippen LogP contribution in [-0.2, 0) is 14.3 Å². The Morgan fingerprint density at radius 1 is 1.13 bits per heavy atom. The van der Waals surface area contributed by atoms with Gasteiger partial charge in [-0.3, -0.25) is 4.79 Å². The molecule has 126 valence electrons. The molecular weight excluding hydrogens is 313 g/mol. The minimum Gasteiger partial charge on any atom is -0.374 e. The summed E-state index contributed by atoms with van der Waals surface area (Å²) in [4.78, 5) is 13.7. The predicted octanol–water partition coefficient (Wildman–Crippen LogP) is 1.88. The molecule has 8 heteroatoms. The van der Waals surface area contributed by atoms with Crippen molar-refractivity contribution >= 4 is 11.6 Å². The summed E-state index contributed by atoms with van der Waals surface area (Å²) in [6.45, 7) is 1.87. The van der Waals surface area contributed by atoms with Crippen LogP contribution in [0.5, 0.6) is 0 Å². The Labute approximate surface area is 131 Å². The van der Waals surface area contributed by atoms with E-state index < -0.39 is 23.2 Å². The summed E-state index contributed by atoms with van der Waals surface area (Å²) in [5.41, 5.74) is -0.242. The molecule has 0 aromatic heterocycles. The van der Waals surface area contributed by atoms with Crippen molar-refractivity contribution in [3.63, 3.8) is 0 Å².